The zero-order valence-corrected chi connectivity index (χ0v) is 12.6. The minimum absolute atomic E-state index is 0.150. The number of hydrogen-bond donors (Lipinski definition) is 4. The Morgan fingerprint density at radius 2 is 1.15 bits per heavy atom. The fraction of sp³-hybridized carbons (Fsp3) is 1.00. The first-order chi connectivity index (χ1) is 6.24. The molecule has 0 unspecified atom stereocenters. The maximum Gasteiger partial charge on any atom is 0.0786 e. The van der Waals surface area contributed by atoms with Crippen molar-refractivity contribution in [2.75, 3.05) is 34.5 Å². The summed E-state index contributed by atoms with van der Waals surface area (Å²) in [7, 11) is 0. The van der Waals surface area contributed by atoms with E-state index < -0.39 is 0 Å². The van der Waals surface area contributed by atoms with Gasteiger partial charge in [-0.2, -0.15) is 50.5 Å². The second-order valence-electron chi connectivity index (χ2n) is 2.37. The van der Waals surface area contributed by atoms with Gasteiger partial charge >= 0.3 is 0 Å². The molecule has 6 heteroatoms. The standard InChI is InChI=1S/C7H16S6/c8-1-3-12-7(5-10,6-11)13-4-2-9/h8-11H,1-6H2. The lowest BCUT2D eigenvalue weighted by Crippen LogP contribution is -2.26. The summed E-state index contributed by atoms with van der Waals surface area (Å²) in [6.45, 7) is 0. The molecule has 0 rings (SSSR count). The van der Waals surface area contributed by atoms with Gasteiger partial charge in [0.05, 0.1) is 4.08 Å². The first-order valence-corrected chi connectivity index (χ1v) is 8.46. The molecular formula is C7H16S6. The molecule has 0 nitrogen and oxygen atoms in total. The van der Waals surface area contributed by atoms with E-state index in [0.29, 0.717) is 0 Å². The maximum absolute atomic E-state index is 4.39. The van der Waals surface area contributed by atoms with Gasteiger partial charge in [-0.15, -0.1) is 23.5 Å². The minimum Gasteiger partial charge on any atom is -0.179 e. The molecule has 0 saturated carbocycles. The predicted octanol–water partition coefficient (Wildman–Crippen LogP) is 2.87. The lowest BCUT2D eigenvalue weighted by molar-refractivity contribution is 1.07. The molecule has 0 aromatic rings. The molecule has 0 saturated heterocycles. The van der Waals surface area contributed by atoms with Crippen LogP contribution in [0.2, 0.25) is 0 Å². The predicted molar refractivity (Wildman–Crippen MR) is 83.1 cm³/mol. The summed E-state index contributed by atoms with van der Waals surface area (Å²) in [4.78, 5) is 0. The van der Waals surface area contributed by atoms with Gasteiger partial charge in [0.25, 0.3) is 0 Å². The van der Waals surface area contributed by atoms with E-state index in [9.17, 15) is 0 Å². The van der Waals surface area contributed by atoms with Gasteiger partial charge in [-0.25, -0.2) is 0 Å². The molecule has 0 aliphatic carbocycles. The summed E-state index contributed by atoms with van der Waals surface area (Å²) >= 11 is 21.0. The van der Waals surface area contributed by atoms with Crippen molar-refractivity contribution in [3.63, 3.8) is 0 Å². The number of thioether (sulfide) groups is 2. The van der Waals surface area contributed by atoms with Gasteiger partial charge in [0, 0.05) is 23.0 Å². The van der Waals surface area contributed by atoms with Crippen LogP contribution in [-0.4, -0.2) is 38.6 Å². The number of rotatable bonds is 8. The van der Waals surface area contributed by atoms with Crippen molar-refractivity contribution in [2.24, 2.45) is 0 Å². The van der Waals surface area contributed by atoms with Crippen LogP contribution in [0.4, 0.5) is 0 Å². The largest absolute Gasteiger partial charge is 0.179 e. The van der Waals surface area contributed by atoms with Gasteiger partial charge < -0.3 is 0 Å². The van der Waals surface area contributed by atoms with E-state index >= 15 is 0 Å². The molecule has 0 aliphatic heterocycles. The highest BCUT2D eigenvalue weighted by Crippen LogP contribution is 2.39. The van der Waals surface area contributed by atoms with E-state index in [4.69, 9.17) is 0 Å². The molecule has 0 amide bonds. The second kappa shape index (κ2) is 9.33. The summed E-state index contributed by atoms with van der Waals surface area (Å²) in [5.74, 6) is 5.65. The first-order valence-electron chi connectivity index (χ1n) is 3.96. The van der Waals surface area contributed by atoms with Crippen LogP contribution >= 0.6 is 74.0 Å². The zero-order valence-electron chi connectivity index (χ0n) is 7.35. The molecule has 0 spiro atoms. The van der Waals surface area contributed by atoms with E-state index in [1.54, 1.807) is 0 Å². The Labute approximate surface area is 112 Å². The van der Waals surface area contributed by atoms with Gasteiger partial charge in [-0.05, 0) is 11.5 Å². The summed E-state index contributed by atoms with van der Waals surface area (Å²) < 4.78 is 0.150. The van der Waals surface area contributed by atoms with Crippen LogP contribution in [0.25, 0.3) is 0 Å². The van der Waals surface area contributed by atoms with E-state index in [1.807, 2.05) is 23.5 Å². The Morgan fingerprint density at radius 3 is 1.38 bits per heavy atom. The molecule has 0 fully saturated rings. The highest BCUT2D eigenvalue weighted by atomic mass is 32.2. The van der Waals surface area contributed by atoms with E-state index in [0.717, 1.165) is 34.5 Å². The zero-order chi connectivity index (χ0) is 10.2. The van der Waals surface area contributed by atoms with E-state index in [-0.39, 0.29) is 4.08 Å². The molecule has 80 valence electrons. The van der Waals surface area contributed by atoms with Gasteiger partial charge in [-0.3, -0.25) is 0 Å². The van der Waals surface area contributed by atoms with Crippen molar-refractivity contribution >= 4 is 74.0 Å². The summed E-state index contributed by atoms with van der Waals surface area (Å²) in [6.07, 6.45) is 0. The molecule has 0 bridgehead atoms. The van der Waals surface area contributed by atoms with E-state index in [1.165, 1.54) is 0 Å². The molecular weight excluding hydrogens is 276 g/mol. The lowest BCUT2D eigenvalue weighted by Gasteiger charge is -2.29. The summed E-state index contributed by atoms with van der Waals surface area (Å²) in [5.41, 5.74) is 0. The maximum atomic E-state index is 4.39. The Bertz CT molecular complexity index is 104. The van der Waals surface area contributed by atoms with Crippen molar-refractivity contribution in [3.8, 4) is 0 Å². The Kier molecular flexibility index (Phi) is 10.8. The van der Waals surface area contributed by atoms with Crippen LogP contribution in [-0.2, 0) is 0 Å². The molecule has 0 aromatic heterocycles. The van der Waals surface area contributed by atoms with Crippen molar-refractivity contribution < 1.29 is 0 Å². The van der Waals surface area contributed by atoms with Crippen LogP contribution in [0.5, 0.6) is 0 Å². The van der Waals surface area contributed by atoms with Crippen LogP contribution in [0.3, 0.4) is 0 Å². The number of hydrogen-bond acceptors (Lipinski definition) is 6. The van der Waals surface area contributed by atoms with Crippen molar-refractivity contribution in [3.05, 3.63) is 0 Å². The van der Waals surface area contributed by atoms with Crippen molar-refractivity contribution in [1.82, 2.24) is 0 Å². The van der Waals surface area contributed by atoms with E-state index in [2.05, 4.69) is 50.5 Å². The minimum atomic E-state index is 0.150. The quantitative estimate of drug-likeness (QED) is 0.401. The molecule has 0 radical (unpaired) electrons. The fourth-order valence-electron chi connectivity index (χ4n) is 0.738. The topological polar surface area (TPSA) is 0 Å². The summed E-state index contributed by atoms with van der Waals surface area (Å²) in [5, 5.41) is 0. The van der Waals surface area contributed by atoms with Gasteiger partial charge in [0.1, 0.15) is 0 Å². The van der Waals surface area contributed by atoms with Crippen LogP contribution < -0.4 is 0 Å². The third-order valence-electron chi connectivity index (χ3n) is 1.39. The highest BCUT2D eigenvalue weighted by molar-refractivity contribution is 8.19. The molecule has 0 N–H and O–H groups in total. The number of thiol groups is 4. The third kappa shape index (κ3) is 6.30. The molecule has 0 heterocycles. The smallest absolute Gasteiger partial charge is 0.0786 e. The van der Waals surface area contributed by atoms with Gasteiger partial charge in [0.2, 0.25) is 0 Å². The lowest BCUT2D eigenvalue weighted by atomic mass is 10.5. The Hall–Kier alpha value is 2.10. The molecule has 13 heavy (non-hydrogen) atoms. The van der Waals surface area contributed by atoms with Gasteiger partial charge in [-0.1, -0.05) is 0 Å². The van der Waals surface area contributed by atoms with Crippen LogP contribution in [0.15, 0.2) is 0 Å². The van der Waals surface area contributed by atoms with Crippen LogP contribution in [0.1, 0.15) is 0 Å². The third-order valence-corrected chi connectivity index (χ3v) is 7.54. The SMILES string of the molecule is SCCSC(CS)(CS)SCCS. The fourth-order valence-corrected chi connectivity index (χ4v) is 4.91. The average molecular weight is 293 g/mol. The van der Waals surface area contributed by atoms with Crippen LogP contribution in [0, 0.1) is 0 Å². The van der Waals surface area contributed by atoms with Crippen molar-refractivity contribution in [2.45, 2.75) is 4.08 Å². The van der Waals surface area contributed by atoms with Crippen molar-refractivity contribution in [1.29, 1.82) is 0 Å². The Morgan fingerprint density at radius 1 is 0.769 bits per heavy atom. The highest BCUT2D eigenvalue weighted by Gasteiger charge is 2.27. The molecule has 0 atom stereocenters. The monoisotopic (exact) mass is 292 g/mol. The molecule has 0 aliphatic rings. The normalized spacial score (nSPS) is 12.0. The average Bonchev–Trinajstić information content (AvgIpc) is 2.20. The summed E-state index contributed by atoms with van der Waals surface area (Å²) in [6, 6.07) is 0. The molecule has 0 aromatic carbocycles. The van der Waals surface area contributed by atoms with Gasteiger partial charge in [0.15, 0.2) is 0 Å². The second-order valence-corrected chi connectivity index (χ2v) is 7.11. The first kappa shape index (κ1) is 15.1. The Balaban J connectivity index is 3.97.